The van der Waals surface area contributed by atoms with Gasteiger partial charge in [0.15, 0.2) is 0 Å². The Hall–Kier alpha value is -1.40. The summed E-state index contributed by atoms with van der Waals surface area (Å²) in [5.41, 5.74) is -3.21. The van der Waals surface area contributed by atoms with E-state index in [1.165, 1.54) is 0 Å². The minimum atomic E-state index is -1.24. The first kappa shape index (κ1) is 18.0. The monoisotopic (exact) mass is 364 g/mol. The molecule has 144 valence electrons. The van der Waals surface area contributed by atoms with Crippen LogP contribution >= 0.6 is 0 Å². The first-order valence-corrected chi connectivity index (χ1v) is 9.47. The third kappa shape index (κ3) is 1.80. The van der Waals surface area contributed by atoms with Crippen LogP contribution in [0.25, 0.3) is 0 Å². The van der Waals surface area contributed by atoms with Gasteiger partial charge in [0.1, 0.15) is 0 Å². The maximum atomic E-state index is 12.5. The number of carboxylic acids is 2. The summed E-state index contributed by atoms with van der Waals surface area (Å²) in [7, 11) is 0. The molecule has 0 unspecified atom stereocenters. The summed E-state index contributed by atoms with van der Waals surface area (Å²) in [6.45, 7) is 7.64. The fourth-order valence-electron chi connectivity index (χ4n) is 8.02. The maximum Gasteiger partial charge on any atom is 0.309 e. The van der Waals surface area contributed by atoms with Crippen molar-refractivity contribution in [2.45, 2.75) is 64.1 Å². The average Bonchev–Trinajstić information content (AvgIpc) is 2.84. The Labute approximate surface area is 152 Å². The molecule has 4 aliphatic carbocycles. The molecule has 0 aromatic rings. The minimum absolute atomic E-state index is 0.163. The Balaban J connectivity index is 1.98. The van der Waals surface area contributed by atoms with Crippen molar-refractivity contribution in [3.63, 3.8) is 0 Å². The number of aliphatic hydroxyl groups is 2. The summed E-state index contributed by atoms with van der Waals surface area (Å²) in [5.74, 6) is -3.79. The zero-order valence-corrected chi connectivity index (χ0v) is 15.4. The lowest BCUT2D eigenvalue weighted by Crippen LogP contribution is -2.52. The van der Waals surface area contributed by atoms with Gasteiger partial charge in [-0.15, -0.1) is 0 Å². The Bertz CT molecular complexity index is 717. The summed E-state index contributed by atoms with van der Waals surface area (Å²) >= 11 is 0. The SMILES string of the molecule is C=C1C[C@]23C[C@@]1(O)C[C@H](O)[C@H]2[C@]1(C)CCC[C@@](C)(C(=O)O)[C@H]1[C@@H]3C(=O)O. The molecule has 0 amide bonds. The topological polar surface area (TPSA) is 115 Å². The van der Waals surface area contributed by atoms with E-state index in [2.05, 4.69) is 6.58 Å². The van der Waals surface area contributed by atoms with Crippen LogP contribution in [0.2, 0.25) is 0 Å². The molecular formula is C20H28O6. The van der Waals surface area contributed by atoms with Crippen molar-refractivity contribution >= 4 is 11.9 Å². The first-order chi connectivity index (χ1) is 11.9. The Kier molecular flexibility index (Phi) is 3.39. The Morgan fingerprint density at radius 3 is 2.38 bits per heavy atom. The van der Waals surface area contributed by atoms with Crippen LogP contribution in [-0.4, -0.2) is 44.1 Å². The molecule has 4 fully saturated rings. The number of aliphatic hydroxyl groups excluding tert-OH is 1. The van der Waals surface area contributed by atoms with Crippen LogP contribution in [-0.2, 0) is 9.59 Å². The fraction of sp³-hybridized carbons (Fsp3) is 0.800. The van der Waals surface area contributed by atoms with Crippen LogP contribution in [0.4, 0.5) is 0 Å². The number of hydrogen-bond donors (Lipinski definition) is 4. The van der Waals surface area contributed by atoms with Crippen molar-refractivity contribution in [3.05, 3.63) is 12.2 Å². The van der Waals surface area contributed by atoms with Gasteiger partial charge in [-0.05, 0) is 60.8 Å². The lowest BCUT2D eigenvalue weighted by atomic mass is 9.52. The molecule has 0 saturated heterocycles. The van der Waals surface area contributed by atoms with Gasteiger partial charge in [0.25, 0.3) is 0 Å². The van der Waals surface area contributed by atoms with E-state index < -0.39 is 51.7 Å². The van der Waals surface area contributed by atoms with Gasteiger partial charge in [0.05, 0.1) is 23.0 Å². The summed E-state index contributed by atoms with van der Waals surface area (Å²) in [4.78, 5) is 24.7. The predicted octanol–water partition coefficient (Wildman–Crippen LogP) is 2.05. The van der Waals surface area contributed by atoms with Gasteiger partial charge in [-0.1, -0.05) is 19.9 Å². The summed E-state index contributed by atoms with van der Waals surface area (Å²) in [5, 5.41) is 42.2. The van der Waals surface area contributed by atoms with E-state index in [9.17, 15) is 30.0 Å². The Morgan fingerprint density at radius 1 is 1.15 bits per heavy atom. The van der Waals surface area contributed by atoms with E-state index in [1.807, 2.05) is 6.92 Å². The molecule has 0 aromatic carbocycles. The van der Waals surface area contributed by atoms with Gasteiger partial charge in [-0.25, -0.2) is 0 Å². The highest BCUT2D eigenvalue weighted by molar-refractivity contribution is 5.79. The number of rotatable bonds is 2. The summed E-state index contributed by atoms with van der Waals surface area (Å²) < 4.78 is 0. The molecular weight excluding hydrogens is 336 g/mol. The molecule has 1 spiro atoms. The third-order valence-electron chi connectivity index (χ3n) is 8.60. The van der Waals surface area contributed by atoms with Crippen LogP contribution in [0.1, 0.15) is 52.4 Å². The van der Waals surface area contributed by atoms with Gasteiger partial charge in [0.2, 0.25) is 0 Å². The van der Waals surface area contributed by atoms with E-state index in [1.54, 1.807) is 6.92 Å². The van der Waals surface area contributed by atoms with Crippen molar-refractivity contribution in [1.82, 2.24) is 0 Å². The summed E-state index contributed by atoms with van der Waals surface area (Å²) in [6.07, 6.45) is 1.78. The molecule has 0 aromatic heterocycles. The van der Waals surface area contributed by atoms with Crippen molar-refractivity contribution in [2.24, 2.45) is 34.0 Å². The highest BCUT2D eigenvalue weighted by Crippen LogP contribution is 2.78. The lowest BCUT2D eigenvalue weighted by Gasteiger charge is -2.52. The average molecular weight is 364 g/mol. The lowest BCUT2D eigenvalue weighted by molar-refractivity contribution is -0.166. The second-order valence-corrected chi connectivity index (χ2v) is 9.85. The number of hydrogen-bond acceptors (Lipinski definition) is 4. The molecule has 6 heteroatoms. The highest BCUT2D eigenvalue weighted by Gasteiger charge is 2.78. The molecule has 0 aliphatic heterocycles. The molecule has 6 nitrogen and oxygen atoms in total. The normalized spacial score (nSPS) is 55.3. The second-order valence-electron chi connectivity index (χ2n) is 9.85. The van der Waals surface area contributed by atoms with Crippen molar-refractivity contribution in [1.29, 1.82) is 0 Å². The standard InChI is InChI=1S/C20H28O6/c1-10-7-19-9-20(10,26)8-11(21)13(19)17(2)5-4-6-18(3,16(24)25)14(17)12(19)15(22)23/h11-14,21,26H,1,4-9H2,2-3H3,(H,22,23)(H,24,25)/t11-,12+,13-,14-,17-,18+,19+,20-/m0/s1. The molecule has 4 saturated carbocycles. The fourth-order valence-corrected chi connectivity index (χ4v) is 8.02. The minimum Gasteiger partial charge on any atom is -0.481 e. The molecule has 26 heavy (non-hydrogen) atoms. The van der Waals surface area contributed by atoms with Crippen LogP contribution in [0.3, 0.4) is 0 Å². The van der Waals surface area contributed by atoms with Crippen LogP contribution in [0.15, 0.2) is 12.2 Å². The van der Waals surface area contributed by atoms with Crippen molar-refractivity contribution in [2.75, 3.05) is 0 Å². The molecule has 0 heterocycles. The van der Waals surface area contributed by atoms with Crippen molar-refractivity contribution in [3.8, 4) is 0 Å². The molecule has 2 bridgehead atoms. The summed E-state index contributed by atoms with van der Waals surface area (Å²) in [6, 6.07) is 0. The predicted molar refractivity (Wildman–Crippen MR) is 92.2 cm³/mol. The van der Waals surface area contributed by atoms with Gasteiger partial charge in [0, 0.05) is 6.42 Å². The number of aliphatic carboxylic acids is 2. The van der Waals surface area contributed by atoms with Crippen LogP contribution < -0.4 is 0 Å². The van der Waals surface area contributed by atoms with Gasteiger partial charge in [-0.3, -0.25) is 9.59 Å². The molecule has 8 atom stereocenters. The van der Waals surface area contributed by atoms with E-state index in [-0.39, 0.29) is 18.8 Å². The van der Waals surface area contributed by atoms with E-state index in [0.717, 1.165) is 0 Å². The zero-order valence-electron chi connectivity index (χ0n) is 15.4. The molecule has 0 radical (unpaired) electrons. The van der Waals surface area contributed by atoms with Crippen molar-refractivity contribution < 1.29 is 30.0 Å². The first-order valence-electron chi connectivity index (χ1n) is 9.47. The number of carbonyl (C=O) groups is 2. The van der Waals surface area contributed by atoms with Crippen LogP contribution in [0.5, 0.6) is 0 Å². The Morgan fingerprint density at radius 2 is 1.81 bits per heavy atom. The van der Waals surface area contributed by atoms with Crippen LogP contribution in [0, 0.1) is 34.0 Å². The smallest absolute Gasteiger partial charge is 0.309 e. The number of carboxylic acid groups (broad SMARTS) is 2. The van der Waals surface area contributed by atoms with E-state index in [0.29, 0.717) is 31.3 Å². The third-order valence-corrected chi connectivity index (χ3v) is 8.60. The molecule has 4 N–H and O–H groups in total. The zero-order chi connectivity index (χ0) is 19.3. The largest absolute Gasteiger partial charge is 0.481 e. The van der Waals surface area contributed by atoms with Gasteiger partial charge < -0.3 is 20.4 Å². The van der Waals surface area contributed by atoms with Gasteiger partial charge >= 0.3 is 11.9 Å². The number of fused-ring (bicyclic) bond motifs is 3. The quantitative estimate of drug-likeness (QED) is 0.558. The van der Waals surface area contributed by atoms with E-state index >= 15 is 0 Å². The highest BCUT2D eigenvalue weighted by atomic mass is 16.4. The second kappa shape index (κ2) is 4.90. The van der Waals surface area contributed by atoms with E-state index in [4.69, 9.17) is 0 Å². The maximum absolute atomic E-state index is 12.5. The molecule has 4 aliphatic rings. The molecule has 4 rings (SSSR count). The van der Waals surface area contributed by atoms with Gasteiger partial charge in [-0.2, -0.15) is 0 Å².